The standard InChI is InChI=1S/C16H26N2O2/c1-12-6-4-5-7-15(12)17-16(19)11-18(3)10-14-9-8-13(2)20-14/h8-9,12,15H,4-7,10-11H2,1-3H3,(H,17,19)/t12-,15+/m0/s1. The van der Waals surface area contributed by atoms with Crippen LogP contribution in [0.5, 0.6) is 0 Å². The number of hydrogen-bond acceptors (Lipinski definition) is 3. The zero-order valence-electron chi connectivity index (χ0n) is 12.8. The SMILES string of the molecule is Cc1ccc(CN(C)CC(=O)N[C@@H]2CCCC[C@@H]2C)o1. The van der Waals surface area contributed by atoms with Crippen LogP contribution in [0, 0.1) is 12.8 Å². The van der Waals surface area contributed by atoms with E-state index in [4.69, 9.17) is 4.42 Å². The lowest BCUT2D eigenvalue weighted by atomic mass is 9.86. The molecular weight excluding hydrogens is 252 g/mol. The summed E-state index contributed by atoms with van der Waals surface area (Å²) in [5, 5.41) is 3.18. The lowest BCUT2D eigenvalue weighted by Gasteiger charge is -2.30. The Labute approximate surface area is 121 Å². The summed E-state index contributed by atoms with van der Waals surface area (Å²) in [6, 6.07) is 4.27. The molecule has 1 aliphatic carbocycles. The molecule has 0 saturated heterocycles. The average Bonchev–Trinajstić information content (AvgIpc) is 2.77. The van der Waals surface area contributed by atoms with Crippen LogP contribution in [0.1, 0.15) is 44.1 Å². The molecule has 1 aromatic rings. The highest BCUT2D eigenvalue weighted by Gasteiger charge is 2.23. The van der Waals surface area contributed by atoms with Crippen molar-refractivity contribution in [3.05, 3.63) is 23.7 Å². The molecule has 0 bridgehead atoms. The van der Waals surface area contributed by atoms with Crippen molar-refractivity contribution >= 4 is 5.91 Å². The third-order valence-corrected chi connectivity index (χ3v) is 4.09. The van der Waals surface area contributed by atoms with Crippen LogP contribution >= 0.6 is 0 Å². The summed E-state index contributed by atoms with van der Waals surface area (Å²) in [6.45, 7) is 5.25. The third kappa shape index (κ3) is 4.37. The van der Waals surface area contributed by atoms with E-state index in [-0.39, 0.29) is 5.91 Å². The largest absolute Gasteiger partial charge is 0.465 e. The number of hydrogen-bond donors (Lipinski definition) is 1. The number of amides is 1. The molecule has 0 spiro atoms. The maximum absolute atomic E-state index is 12.1. The van der Waals surface area contributed by atoms with Crippen LogP contribution < -0.4 is 5.32 Å². The van der Waals surface area contributed by atoms with E-state index in [1.54, 1.807) is 0 Å². The van der Waals surface area contributed by atoms with Crippen molar-refractivity contribution in [2.75, 3.05) is 13.6 Å². The lowest BCUT2D eigenvalue weighted by molar-refractivity contribution is -0.123. The van der Waals surface area contributed by atoms with Crippen LogP contribution in [-0.4, -0.2) is 30.4 Å². The molecule has 20 heavy (non-hydrogen) atoms. The van der Waals surface area contributed by atoms with Gasteiger partial charge in [0.25, 0.3) is 0 Å². The van der Waals surface area contributed by atoms with Gasteiger partial charge in [0.15, 0.2) is 0 Å². The minimum Gasteiger partial charge on any atom is -0.465 e. The third-order valence-electron chi connectivity index (χ3n) is 4.09. The Morgan fingerprint density at radius 3 is 2.80 bits per heavy atom. The molecule has 2 atom stereocenters. The molecule has 1 aromatic heterocycles. The Kier molecular flexibility index (Phi) is 5.24. The van der Waals surface area contributed by atoms with Crippen LogP contribution in [-0.2, 0) is 11.3 Å². The van der Waals surface area contributed by atoms with E-state index in [9.17, 15) is 4.79 Å². The Morgan fingerprint density at radius 1 is 1.40 bits per heavy atom. The molecule has 1 fully saturated rings. The molecule has 1 N–H and O–H groups in total. The highest BCUT2D eigenvalue weighted by Crippen LogP contribution is 2.23. The van der Waals surface area contributed by atoms with Crippen LogP contribution in [0.4, 0.5) is 0 Å². The highest BCUT2D eigenvalue weighted by molar-refractivity contribution is 5.78. The second-order valence-electron chi connectivity index (χ2n) is 6.12. The summed E-state index contributed by atoms with van der Waals surface area (Å²) >= 11 is 0. The number of likely N-dealkylation sites (N-methyl/N-ethyl adjacent to an activating group) is 1. The second-order valence-corrected chi connectivity index (χ2v) is 6.12. The molecular formula is C16H26N2O2. The quantitative estimate of drug-likeness (QED) is 0.900. The smallest absolute Gasteiger partial charge is 0.234 e. The minimum absolute atomic E-state index is 0.120. The van der Waals surface area contributed by atoms with E-state index in [1.807, 2.05) is 31.0 Å². The highest BCUT2D eigenvalue weighted by atomic mass is 16.3. The Hall–Kier alpha value is -1.29. The second kappa shape index (κ2) is 6.93. The Balaban J connectivity index is 1.75. The van der Waals surface area contributed by atoms with Crippen molar-refractivity contribution < 1.29 is 9.21 Å². The van der Waals surface area contributed by atoms with Crippen LogP contribution in [0.3, 0.4) is 0 Å². The Morgan fingerprint density at radius 2 is 2.15 bits per heavy atom. The number of furan rings is 1. The number of nitrogens with one attached hydrogen (secondary N) is 1. The predicted octanol–water partition coefficient (Wildman–Crippen LogP) is 2.71. The van der Waals surface area contributed by atoms with E-state index >= 15 is 0 Å². The summed E-state index contributed by atoms with van der Waals surface area (Å²) in [7, 11) is 1.95. The number of nitrogens with zero attached hydrogens (tertiary/aromatic N) is 1. The molecule has 1 saturated carbocycles. The van der Waals surface area contributed by atoms with Gasteiger partial charge in [-0.25, -0.2) is 0 Å². The first-order valence-electron chi connectivity index (χ1n) is 7.58. The van der Waals surface area contributed by atoms with Crippen molar-refractivity contribution in [1.82, 2.24) is 10.2 Å². The fraction of sp³-hybridized carbons (Fsp3) is 0.688. The van der Waals surface area contributed by atoms with E-state index < -0.39 is 0 Å². The molecule has 0 radical (unpaired) electrons. The van der Waals surface area contributed by atoms with Crippen molar-refractivity contribution in [3.8, 4) is 0 Å². The van der Waals surface area contributed by atoms with Crippen LogP contribution in [0.15, 0.2) is 16.5 Å². The molecule has 1 heterocycles. The normalized spacial score (nSPS) is 23.0. The fourth-order valence-electron chi connectivity index (χ4n) is 2.92. The molecule has 0 aliphatic heterocycles. The zero-order chi connectivity index (χ0) is 14.5. The molecule has 4 nitrogen and oxygen atoms in total. The number of rotatable bonds is 5. The van der Waals surface area contributed by atoms with Crippen molar-refractivity contribution in [1.29, 1.82) is 0 Å². The molecule has 4 heteroatoms. The Bertz CT molecular complexity index is 441. The van der Waals surface area contributed by atoms with Gasteiger partial charge in [0.1, 0.15) is 11.5 Å². The summed E-state index contributed by atoms with van der Waals surface area (Å²) in [6.07, 6.45) is 4.88. The van der Waals surface area contributed by atoms with E-state index in [1.165, 1.54) is 19.3 Å². The van der Waals surface area contributed by atoms with Gasteiger partial charge >= 0.3 is 0 Å². The number of carbonyl (C=O) groups excluding carboxylic acids is 1. The first-order chi connectivity index (χ1) is 9.54. The van der Waals surface area contributed by atoms with Gasteiger partial charge in [0.05, 0.1) is 13.1 Å². The van der Waals surface area contributed by atoms with Gasteiger partial charge < -0.3 is 9.73 Å². The van der Waals surface area contributed by atoms with Gasteiger partial charge in [-0.1, -0.05) is 19.8 Å². The number of carbonyl (C=O) groups is 1. The fourth-order valence-corrected chi connectivity index (χ4v) is 2.92. The molecule has 0 unspecified atom stereocenters. The molecule has 1 aliphatic rings. The zero-order valence-corrected chi connectivity index (χ0v) is 12.8. The van der Waals surface area contributed by atoms with Crippen molar-refractivity contribution in [2.45, 2.75) is 52.1 Å². The average molecular weight is 278 g/mol. The van der Waals surface area contributed by atoms with Crippen molar-refractivity contribution in [2.24, 2.45) is 5.92 Å². The lowest BCUT2D eigenvalue weighted by Crippen LogP contribution is -2.44. The van der Waals surface area contributed by atoms with Gasteiger partial charge in [-0.2, -0.15) is 0 Å². The minimum atomic E-state index is 0.120. The molecule has 2 rings (SSSR count). The first-order valence-corrected chi connectivity index (χ1v) is 7.58. The molecule has 112 valence electrons. The topological polar surface area (TPSA) is 45.5 Å². The molecule has 1 amide bonds. The predicted molar refractivity (Wildman–Crippen MR) is 79.3 cm³/mol. The maximum atomic E-state index is 12.1. The van der Waals surface area contributed by atoms with E-state index in [2.05, 4.69) is 12.2 Å². The summed E-state index contributed by atoms with van der Waals surface area (Å²) < 4.78 is 5.53. The summed E-state index contributed by atoms with van der Waals surface area (Å²) in [4.78, 5) is 14.1. The molecule has 0 aromatic carbocycles. The van der Waals surface area contributed by atoms with E-state index in [0.29, 0.717) is 25.0 Å². The van der Waals surface area contributed by atoms with Crippen LogP contribution in [0.2, 0.25) is 0 Å². The first kappa shape index (κ1) is 15.1. The van der Waals surface area contributed by atoms with Crippen LogP contribution in [0.25, 0.3) is 0 Å². The maximum Gasteiger partial charge on any atom is 0.234 e. The van der Waals surface area contributed by atoms with Gasteiger partial charge in [-0.15, -0.1) is 0 Å². The van der Waals surface area contributed by atoms with Gasteiger partial charge in [-0.3, -0.25) is 9.69 Å². The number of aryl methyl sites for hydroxylation is 1. The summed E-state index contributed by atoms with van der Waals surface area (Å²) in [5.41, 5.74) is 0. The van der Waals surface area contributed by atoms with E-state index in [0.717, 1.165) is 17.9 Å². The van der Waals surface area contributed by atoms with Gasteiger partial charge in [-0.05, 0) is 44.9 Å². The van der Waals surface area contributed by atoms with Gasteiger partial charge in [0, 0.05) is 6.04 Å². The van der Waals surface area contributed by atoms with Gasteiger partial charge in [0.2, 0.25) is 5.91 Å². The monoisotopic (exact) mass is 278 g/mol. The summed E-state index contributed by atoms with van der Waals surface area (Å²) in [5.74, 6) is 2.54. The van der Waals surface area contributed by atoms with Crippen molar-refractivity contribution in [3.63, 3.8) is 0 Å².